The molecule has 1 saturated heterocycles. The van der Waals surface area contributed by atoms with Gasteiger partial charge in [0.25, 0.3) is 11.7 Å². The molecule has 1 N–H and O–H groups in total. The maximum Gasteiger partial charge on any atom is 0.300 e. The standard InChI is InChI=1S/C27H24ClNO5/c1-15-8-7-10-21(16(15)2)29-24(18-9-5-6-11-22(18)34-4)23(26(31)27(29)32)25(30)19-14-17(33-3)12-13-20(19)28/h5-14,24,30H,1-4H3/b25-23+. The predicted octanol–water partition coefficient (Wildman–Crippen LogP) is 5.60. The number of ketones is 1. The van der Waals surface area contributed by atoms with Crippen LogP contribution in [0.5, 0.6) is 11.5 Å². The predicted molar refractivity (Wildman–Crippen MR) is 132 cm³/mol. The fourth-order valence-electron chi connectivity index (χ4n) is 4.22. The number of aryl methyl sites for hydroxylation is 1. The smallest absolute Gasteiger partial charge is 0.300 e. The van der Waals surface area contributed by atoms with E-state index in [1.165, 1.54) is 25.2 Å². The summed E-state index contributed by atoms with van der Waals surface area (Å²) >= 11 is 6.38. The van der Waals surface area contributed by atoms with E-state index >= 15 is 0 Å². The fourth-order valence-corrected chi connectivity index (χ4v) is 4.43. The zero-order valence-electron chi connectivity index (χ0n) is 19.3. The zero-order valence-corrected chi connectivity index (χ0v) is 20.0. The number of hydrogen-bond acceptors (Lipinski definition) is 5. The lowest BCUT2D eigenvalue weighted by atomic mass is 9.94. The number of nitrogens with zero attached hydrogens (tertiary/aromatic N) is 1. The molecule has 1 unspecified atom stereocenters. The van der Waals surface area contributed by atoms with Gasteiger partial charge in [0.05, 0.1) is 30.9 Å². The highest BCUT2D eigenvalue weighted by Gasteiger charge is 2.48. The Hall–Kier alpha value is -3.77. The number of ether oxygens (including phenoxy) is 2. The lowest BCUT2D eigenvalue weighted by Gasteiger charge is -2.28. The van der Waals surface area contributed by atoms with E-state index < -0.39 is 17.7 Å². The average molecular weight is 478 g/mol. The molecule has 1 fully saturated rings. The number of para-hydroxylation sites is 1. The molecule has 1 aliphatic heterocycles. The van der Waals surface area contributed by atoms with Crippen molar-refractivity contribution in [3.05, 3.63) is 93.5 Å². The summed E-state index contributed by atoms with van der Waals surface area (Å²) in [5, 5.41) is 11.6. The molecule has 34 heavy (non-hydrogen) atoms. The summed E-state index contributed by atoms with van der Waals surface area (Å²) < 4.78 is 10.8. The van der Waals surface area contributed by atoms with Crippen molar-refractivity contribution in [2.75, 3.05) is 19.1 Å². The van der Waals surface area contributed by atoms with Crippen molar-refractivity contribution in [3.63, 3.8) is 0 Å². The molecule has 0 spiro atoms. The van der Waals surface area contributed by atoms with Crippen LogP contribution in [0.2, 0.25) is 5.02 Å². The first-order valence-electron chi connectivity index (χ1n) is 10.6. The van der Waals surface area contributed by atoms with Gasteiger partial charge in [-0.1, -0.05) is 41.9 Å². The quantitative estimate of drug-likeness (QED) is 0.294. The first kappa shape index (κ1) is 23.4. The molecule has 0 aliphatic carbocycles. The van der Waals surface area contributed by atoms with E-state index in [1.54, 1.807) is 42.5 Å². The van der Waals surface area contributed by atoms with Gasteiger partial charge in [0.2, 0.25) is 0 Å². The Morgan fingerprint density at radius 2 is 1.71 bits per heavy atom. The maximum atomic E-state index is 13.4. The molecular weight excluding hydrogens is 454 g/mol. The van der Waals surface area contributed by atoms with Gasteiger partial charge >= 0.3 is 0 Å². The molecule has 3 aromatic rings. The number of rotatable bonds is 5. The second-order valence-corrected chi connectivity index (χ2v) is 8.38. The summed E-state index contributed by atoms with van der Waals surface area (Å²) in [5.74, 6) is -1.01. The number of benzene rings is 3. The highest BCUT2D eigenvalue weighted by molar-refractivity contribution is 6.52. The first-order valence-corrected chi connectivity index (χ1v) is 11.0. The van der Waals surface area contributed by atoms with Gasteiger partial charge in [-0.05, 0) is 55.3 Å². The minimum absolute atomic E-state index is 0.0782. The van der Waals surface area contributed by atoms with Gasteiger partial charge < -0.3 is 14.6 Å². The number of halogens is 1. The number of hydrogen-bond donors (Lipinski definition) is 1. The SMILES string of the molecule is COc1ccc(Cl)c(/C(O)=C2\C(=O)C(=O)N(c3cccc(C)c3C)C2c2ccccc2OC)c1. The number of aliphatic hydroxyl groups excluding tert-OH is 1. The molecule has 1 atom stereocenters. The van der Waals surface area contributed by atoms with E-state index in [4.69, 9.17) is 21.1 Å². The number of Topliss-reactive ketones (excluding diaryl/α,β-unsaturated/α-hetero) is 1. The lowest BCUT2D eigenvalue weighted by molar-refractivity contribution is -0.132. The third kappa shape index (κ3) is 3.80. The zero-order chi connectivity index (χ0) is 24.6. The summed E-state index contributed by atoms with van der Waals surface area (Å²) in [4.78, 5) is 28.3. The van der Waals surface area contributed by atoms with E-state index in [2.05, 4.69) is 0 Å². The molecule has 7 heteroatoms. The van der Waals surface area contributed by atoms with Crippen molar-refractivity contribution in [2.45, 2.75) is 19.9 Å². The average Bonchev–Trinajstić information content (AvgIpc) is 3.10. The third-order valence-corrected chi connectivity index (χ3v) is 6.47. The summed E-state index contributed by atoms with van der Waals surface area (Å²) in [6.45, 7) is 3.83. The van der Waals surface area contributed by atoms with Crippen molar-refractivity contribution in [1.82, 2.24) is 0 Å². The Morgan fingerprint density at radius 1 is 0.971 bits per heavy atom. The van der Waals surface area contributed by atoms with Gasteiger partial charge in [-0.25, -0.2) is 0 Å². The van der Waals surface area contributed by atoms with Crippen LogP contribution in [0.25, 0.3) is 5.76 Å². The molecule has 0 aromatic heterocycles. The highest BCUT2D eigenvalue weighted by atomic mass is 35.5. The molecule has 0 saturated carbocycles. The van der Waals surface area contributed by atoms with Crippen LogP contribution in [0.15, 0.2) is 66.2 Å². The molecular formula is C27H24ClNO5. The molecule has 174 valence electrons. The fraction of sp³-hybridized carbons (Fsp3) is 0.185. The molecule has 3 aromatic carbocycles. The van der Waals surface area contributed by atoms with Crippen LogP contribution < -0.4 is 14.4 Å². The molecule has 1 aliphatic rings. The Labute approximate surface area is 203 Å². The number of anilines is 1. The molecule has 0 radical (unpaired) electrons. The van der Waals surface area contributed by atoms with Gasteiger partial charge in [-0.3, -0.25) is 14.5 Å². The monoisotopic (exact) mass is 477 g/mol. The summed E-state index contributed by atoms with van der Waals surface area (Å²) in [6.07, 6.45) is 0. The Morgan fingerprint density at radius 3 is 2.41 bits per heavy atom. The van der Waals surface area contributed by atoms with Crippen LogP contribution >= 0.6 is 11.6 Å². The minimum Gasteiger partial charge on any atom is -0.507 e. The van der Waals surface area contributed by atoms with Gasteiger partial charge in [-0.15, -0.1) is 0 Å². The van der Waals surface area contributed by atoms with Crippen molar-refractivity contribution in [3.8, 4) is 11.5 Å². The topological polar surface area (TPSA) is 76.1 Å². The Balaban J connectivity index is 2.05. The number of amides is 1. The second-order valence-electron chi connectivity index (χ2n) is 7.98. The minimum atomic E-state index is -0.932. The largest absolute Gasteiger partial charge is 0.507 e. The van der Waals surface area contributed by atoms with Crippen LogP contribution in [-0.4, -0.2) is 31.0 Å². The molecule has 1 amide bonds. The van der Waals surface area contributed by atoms with Gasteiger partial charge in [0.15, 0.2) is 0 Å². The van der Waals surface area contributed by atoms with E-state index in [1.807, 2.05) is 26.0 Å². The lowest BCUT2D eigenvalue weighted by Crippen LogP contribution is -2.30. The van der Waals surface area contributed by atoms with Crippen LogP contribution in [0.3, 0.4) is 0 Å². The normalized spacial score (nSPS) is 17.2. The van der Waals surface area contributed by atoms with E-state index in [-0.39, 0.29) is 21.9 Å². The second kappa shape index (κ2) is 9.23. The van der Waals surface area contributed by atoms with Crippen LogP contribution in [0.4, 0.5) is 5.69 Å². The molecule has 6 nitrogen and oxygen atoms in total. The van der Waals surface area contributed by atoms with Gasteiger partial charge in [-0.2, -0.15) is 0 Å². The first-order chi connectivity index (χ1) is 16.3. The Bertz CT molecular complexity index is 1330. The third-order valence-electron chi connectivity index (χ3n) is 6.14. The summed E-state index contributed by atoms with van der Waals surface area (Å²) in [6, 6.07) is 16.5. The number of aliphatic hydroxyl groups is 1. The molecule has 0 bridgehead atoms. The van der Waals surface area contributed by atoms with Crippen molar-refractivity contribution in [1.29, 1.82) is 0 Å². The molecule has 4 rings (SSSR count). The maximum absolute atomic E-state index is 13.4. The van der Waals surface area contributed by atoms with Crippen LogP contribution in [0.1, 0.15) is 28.3 Å². The number of carbonyl (C=O) groups is 2. The van der Waals surface area contributed by atoms with Crippen LogP contribution in [-0.2, 0) is 9.59 Å². The molecule has 1 heterocycles. The summed E-state index contributed by atoms with van der Waals surface area (Å²) in [5.41, 5.74) is 3.07. The van der Waals surface area contributed by atoms with Gasteiger partial charge in [0.1, 0.15) is 17.3 Å². The van der Waals surface area contributed by atoms with E-state index in [9.17, 15) is 14.7 Å². The van der Waals surface area contributed by atoms with Crippen molar-refractivity contribution >= 4 is 34.7 Å². The van der Waals surface area contributed by atoms with Crippen LogP contribution in [0, 0.1) is 13.8 Å². The number of carbonyl (C=O) groups excluding carboxylic acids is 2. The Kier molecular flexibility index (Phi) is 6.35. The summed E-state index contributed by atoms with van der Waals surface area (Å²) in [7, 11) is 3.00. The number of methoxy groups -OCH3 is 2. The van der Waals surface area contributed by atoms with Crippen molar-refractivity contribution < 1.29 is 24.2 Å². The van der Waals surface area contributed by atoms with Crippen molar-refractivity contribution in [2.24, 2.45) is 0 Å². The van der Waals surface area contributed by atoms with E-state index in [0.29, 0.717) is 22.7 Å². The highest BCUT2D eigenvalue weighted by Crippen LogP contribution is 2.46. The van der Waals surface area contributed by atoms with Gasteiger partial charge in [0, 0.05) is 16.8 Å². The van der Waals surface area contributed by atoms with E-state index in [0.717, 1.165) is 11.1 Å².